The Morgan fingerprint density at radius 1 is 1.13 bits per heavy atom. The number of nitrogens with one attached hydrogen (secondary N) is 1. The number of aliphatic hydroxyl groups is 2. The molecule has 0 bridgehead atoms. The Morgan fingerprint density at radius 2 is 1.92 bits per heavy atom. The fourth-order valence-electron chi connectivity index (χ4n) is 10.7. The third-order valence-electron chi connectivity index (χ3n) is 12.6. The van der Waals surface area contributed by atoms with Crippen molar-refractivity contribution in [3.05, 3.63) is 40.4 Å². The summed E-state index contributed by atoms with van der Waals surface area (Å²) in [4.78, 5) is 20.4. The van der Waals surface area contributed by atoms with Gasteiger partial charge in [-0.25, -0.2) is 4.98 Å². The molecule has 214 valence electrons. The molecular formula is C33H48N2O4. The Hall–Kier alpha value is -1.76. The summed E-state index contributed by atoms with van der Waals surface area (Å²) >= 11 is 0. The molecule has 4 aliphatic carbocycles. The van der Waals surface area contributed by atoms with Crippen LogP contribution in [0.2, 0.25) is 0 Å². The highest BCUT2D eigenvalue weighted by Crippen LogP contribution is 2.69. The second kappa shape index (κ2) is 10.3. The van der Waals surface area contributed by atoms with Gasteiger partial charge in [-0.3, -0.25) is 4.79 Å². The number of benzene rings is 1. The molecule has 0 radical (unpaired) electrons. The molecule has 0 amide bonds. The smallest absolute Gasteiger partial charge is 0.258 e. The van der Waals surface area contributed by atoms with Crippen molar-refractivity contribution >= 4 is 10.9 Å². The Balaban J connectivity index is 1.26. The Labute approximate surface area is 233 Å². The lowest BCUT2D eigenvalue weighted by atomic mass is 9.42. The predicted molar refractivity (Wildman–Crippen MR) is 153 cm³/mol. The van der Waals surface area contributed by atoms with Crippen LogP contribution in [0.3, 0.4) is 0 Å². The van der Waals surface area contributed by atoms with E-state index in [1.54, 1.807) is 0 Å². The maximum Gasteiger partial charge on any atom is 0.258 e. The molecule has 3 N–H and O–H groups in total. The van der Waals surface area contributed by atoms with Crippen LogP contribution in [0.15, 0.2) is 29.1 Å². The summed E-state index contributed by atoms with van der Waals surface area (Å²) in [7, 11) is 1.91. The van der Waals surface area contributed by atoms with Crippen LogP contribution in [0, 0.1) is 46.3 Å². The van der Waals surface area contributed by atoms with Crippen molar-refractivity contribution < 1.29 is 14.9 Å². The largest absolute Gasteiger partial charge is 0.393 e. The molecule has 0 spiro atoms. The van der Waals surface area contributed by atoms with E-state index in [9.17, 15) is 15.0 Å². The molecule has 0 saturated heterocycles. The number of aliphatic hydroxyl groups excluding tert-OH is 2. The second-order valence-electron chi connectivity index (χ2n) is 13.9. The molecule has 1 heterocycles. The van der Waals surface area contributed by atoms with Gasteiger partial charge in [0.2, 0.25) is 0 Å². The number of hydrogen-bond acceptors (Lipinski definition) is 5. The van der Waals surface area contributed by atoms with E-state index in [0.717, 1.165) is 69.1 Å². The number of aryl methyl sites for hydroxylation is 1. The van der Waals surface area contributed by atoms with E-state index in [-0.39, 0.29) is 34.7 Å². The number of aromatic amines is 1. The molecule has 39 heavy (non-hydrogen) atoms. The lowest BCUT2D eigenvalue weighted by Gasteiger charge is -2.64. The number of aromatic nitrogens is 2. The van der Waals surface area contributed by atoms with Crippen molar-refractivity contribution in [2.45, 2.75) is 103 Å². The molecule has 1 aromatic heterocycles. The summed E-state index contributed by atoms with van der Waals surface area (Å²) in [6.45, 7) is 7.20. The maximum atomic E-state index is 12.6. The van der Waals surface area contributed by atoms with E-state index in [1.165, 1.54) is 6.42 Å². The number of para-hydroxylation sites is 1. The summed E-state index contributed by atoms with van der Waals surface area (Å²) in [5.41, 5.74) is 0.955. The highest BCUT2D eigenvalue weighted by molar-refractivity contribution is 5.77. The number of methoxy groups -OCH3 is 1. The molecular weight excluding hydrogens is 488 g/mol. The van der Waals surface area contributed by atoms with E-state index in [0.29, 0.717) is 40.9 Å². The number of hydrogen-bond donors (Lipinski definition) is 3. The topological polar surface area (TPSA) is 95.4 Å². The number of rotatable bonds is 6. The van der Waals surface area contributed by atoms with Crippen LogP contribution in [0.25, 0.3) is 10.9 Å². The van der Waals surface area contributed by atoms with Gasteiger partial charge < -0.3 is 19.9 Å². The van der Waals surface area contributed by atoms with Crippen LogP contribution in [0.1, 0.15) is 84.4 Å². The minimum absolute atomic E-state index is 0.0553. The van der Waals surface area contributed by atoms with Gasteiger partial charge in [0.1, 0.15) is 5.82 Å². The molecule has 6 heteroatoms. The molecule has 4 fully saturated rings. The Bertz CT molecular complexity index is 1250. The van der Waals surface area contributed by atoms with Gasteiger partial charge in [0.25, 0.3) is 5.56 Å². The third-order valence-corrected chi connectivity index (χ3v) is 12.6. The third kappa shape index (κ3) is 4.23. The first-order chi connectivity index (χ1) is 18.7. The van der Waals surface area contributed by atoms with Crippen LogP contribution in [0.5, 0.6) is 0 Å². The van der Waals surface area contributed by atoms with E-state index in [4.69, 9.17) is 9.72 Å². The first-order valence-electron chi connectivity index (χ1n) is 15.6. The maximum absolute atomic E-state index is 12.6. The SMILES string of the molecule is CC[C@]12[C@@H](OC)C[C@H]3[C@@H]([C@H](O)C[C@@H]4C[C@H](O)CC[C@@]43C)[C@@H]1CC[C@@H]2[C@H](C)CCc1nc2ccccc2c(=O)[nH]1. The average molecular weight is 537 g/mol. The van der Waals surface area contributed by atoms with Gasteiger partial charge in [0.05, 0.1) is 29.2 Å². The van der Waals surface area contributed by atoms with Crippen molar-refractivity contribution in [1.29, 1.82) is 0 Å². The van der Waals surface area contributed by atoms with Gasteiger partial charge in [-0.1, -0.05) is 32.9 Å². The second-order valence-corrected chi connectivity index (χ2v) is 13.9. The highest BCUT2D eigenvalue weighted by Gasteiger charge is 2.67. The molecule has 0 aliphatic heterocycles. The highest BCUT2D eigenvalue weighted by atomic mass is 16.5. The normalized spacial score (nSPS) is 42.5. The van der Waals surface area contributed by atoms with Gasteiger partial charge in [-0.05, 0) is 111 Å². The Morgan fingerprint density at radius 3 is 2.69 bits per heavy atom. The zero-order valence-corrected chi connectivity index (χ0v) is 24.2. The summed E-state index contributed by atoms with van der Waals surface area (Å²) < 4.78 is 6.45. The minimum atomic E-state index is -0.284. The fourth-order valence-corrected chi connectivity index (χ4v) is 10.7. The zero-order chi connectivity index (χ0) is 27.5. The van der Waals surface area contributed by atoms with E-state index in [2.05, 4.69) is 25.8 Å². The standard InChI is InChI=1S/C33H48N2O4/c1-5-33-23(19(2)10-13-29-34-26-9-7-6-8-22(26)31(38)35-29)11-12-24(33)30-25(18-28(33)39-4)32(3)15-14-21(36)16-20(32)17-27(30)37/h6-9,19-21,23-25,27-28,30,36-37H,5,10-18H2,1-4H3,(H,34,35,38)/t19-,20+,21-,23-,24+,25+,27-,28+,30+,32+,33-/m1/s1. The van der Waals surface area contributed by atoms with E-state index in [1.807, 2.05) is 31.4 Å². The first-order valence-corrected chi connectivity index (χ1v) is 15.6. The van der Waals surface area contributed by atoms with Gasteiger partial charge in [0, 0.05) is 18.9 Å². The summed E-state index contributed by atoms with van der Waals surface area (Å²) in [5, 5.41) is 22.8. The van der Waals surface area contributed by atoms with Crippen molar-refractivity contribution in [2.75, 3.05) is 7.11 Å². The van der Waals surface area contributed by atoms with Crippen molar-refractivity contribution in [2.24, 2.45) is 46.3 Å². The van der Waals surface area contributed by atoms with Crippen LogP contribution >= 0.6 is 0 Å². The number of nitrogens with zero attached hydrogens (tertiary/aromatic N) is 1. The predicted octanol–water partition coefficient (Wildman–Crippen LogP) is 5.50. The number of H-pyrrole nitrogens is 1. The number of fused-ring (bicyclic) bond motifs is 6. The molecule has 2 aromatic rings. The van der Waals surface area contributed by atoms with Gasteiger partial charge in [-0.2, -0.15) is 0 Å². The summed E-state index contributed by atoms with van der Waals surface area (Å²) in [5.74, 6) is 3.41. The average Bonchev–Trinajstić information content (AvgIpc) is 3.33. The van der Waals surface area contributed by atoms with Gasteiger partial charge in [-0.15, -0.1) is 0 Å². The molecule has 6 rings (SSSR count). The molecule has 6 nitrogen and oxygen atoms in total. The zero-order valence-electron chi connectivity index (χ0n) is 24.2. The lowest BCUT2D eigenvalue weighted by molar-refractivity contribution is -0.218. The molecule has 11 atom stereocenters. The fraction of sp³-hybridized carbons (Fsp3) is 0.758. The molecule has 4 saturated carbocycles. The van der Waals surface area contributed by atoms with Crippen molar-refractivity contribution in [3.8, 4) is 0 Å². The molecule has 1 aromatic carbocycles. The summed E-state index contributed by atoms with van der Waals surface area (Å²) in [6.07, 6.45) is 9.49. The van der Waals surface area contributed by atoms with E-state index < -0.39 is 0 Å². The monoisotopic (exact) mass is 536 g/mol. The lowest BCUT2D eigenvalue weighted by Crippen LogP contribution is -2.63. The minimum Gasteiger partial charge on any atom is -0.393 e. The van der Waals surface area contributed by atoms with Crippen LogP contribution < -0.4 is 5.56 Å². The van der Waals surface area contributed by atoms with Crippen LogP contribution in [0.4, 0.5) is 0 Å². The quantitative estimate of drug-likeness (QED) is 0.453. The molecule has 0 unspecified atom stereocenters. The van der Waals surface area contributed by atoms with Crippen LogP contribution in [-0.4, -0.2) is 45.6 Å². The van der Waals surface area contributed by atoms with Gasteiger partial charge in [0.15, 0.2) is 0 Å². The summed E-state index contributed by atoms with van der Waals surface area (Å²) in [6, 6.07) is 7.56. The van der Waals surface area contributed by atoms with E-state index >= 15 is 0 Å². The number of ether oxygens (including phenoxy) is 1. The van der Waals surface area contributed by atoms with Crippen molar-refractivity contribution in [1.82, 2.24) is 9.97 Å². The Kier molecular flexibility index (Phi) is 7.21. The molecule has 4 aliphatic rings. The first kappa shape index (κ1) is 27.4. The van der Waals surface area contributed by atoms with Crippen LogP contribution in [-0.2, 0) is 11.2 Å². The van der Waals surface area contributed by atoms with Crippen molar-refractivity contribution in [3.63, 3.8) is 0 Å². The van der Waals surface area contributed by atoms with Gasteiger partial charge >= 0.3 is 0 Å².